The number of carbonyl (C=O) groups is 2. The van der Waals surface area contributed by atoms with Crippen molar-refractivity contribution in [2.45, 2.75) is 20.3 Å². The maximum absolute atomic E-state index is 11.9. The number of nitriles is 1. The molecule has 0 atom stereocenters. The average Bonchev–Trinajstić information content (AvgIpc) is 2.38. The Kier molecular flexibility index (Phi) is 4.70. The Morgan fingerprint density at radius 2 is 2.10 bits per heavy atom. The molecule has 0 heterocycles. The van der Waals surface area contributed by atoms with Gasteiger partial charge in [-0.05, 0) is 26.0 Å². The van der Waals surface area contributed by atoms with Crippen LogP contribution in [0.25, 0.3) is 0 Å². The zero-order valence-corrected chi connectivity index (χ0v) is 11.6. The van der Waals surface area contributed by atoms with E-state index in [0.717, 1.165) is 0 Å². The standard InChI is InChI=1S/C14H16N2O4/c1-14(2,13(18)19)7-11(17)16-12-9(8-15)5-4-6-10(12)20-3/h4-6H,7H2,1-3H3,(H,16,17)(H,18,19). The van der Waals surface area contributed by atoms with E-state index in [-0.39, 0.29) is 17.7 Å². The first kappa shape index (κ1) is 15.5. The summed E-state index contributed by atoms with van der Waals surface area (Å²) >= 11 is 0. The Hall–Kier alpha value is -2.55. The van der Waals surface area contributed by atoms with Gasteiger partial charge in [-0.3, -0.25) is 9.59 Å². The number of carbonyl (C=O) groups excluding carboxylic acids is 1. The third-order valence-electron chi connectivity index (χ3n) is 2.81. The Bertz CT molecular complexity index is 573. The van der Waals surface area contributed by atoms with E-state index in [0.29, 0.717) is 5.75 Å². The van der Waals surface area contributed by atoms with Gasteiger partial charge in [0.25, 0.3) is 0 Å². The molecule has 0 aliphatic carbocycles. The third-order valence-corrected chi connectivity index (χ3v) is 2.81. The zero-order chi connectivity index (χ0) is 15.3. The number of nitrogens with zero attached hydrogens (tertiary/aromatic N) is 1. The van der Waals surface area contributed by atoms with Crippen LogP contribution in [0.4, 0.5) is 5.69 Å². The number of aliphatic carboxylic acids is 1. The Labute approximate surface area is 117 Å². The quantitative estimate of drug-likeness (QED) is 0.856. The first-order valence-corrected chi connectivity index (χ1v) is 5.92. The van der Waals surface area contributed by atoms with Crippen molar-refractivity contribution in [3.63, 3.8) is 0 Å². The summed E-state index contributed by atoms with van der Waals surface area (Å²) in [5, 5.41) is 20.6. The van der Waals surface area contributed by atoms with Crippen molar-refractivity contribution in [2.75, 3.05) is 12.4 Å². The zero-order valence-electron chi connectivity index (χ0n) is 11.6. The minimum atomic E-state index is -1.18. The molecule has 0 aromatic heterocycles. The van der Waals surface area contributed by atoms with Crippen LogP contribution in [0.15, 0.2) is 18.2 Å². The van der Waals surface area contributed by atoms with Crippen LogP contribution >= 0.6 is 0 Å². The number of hydrogen-bond acceptors (Lipinski definition) is 4. The number of carboxylic acid groups (broad SMARTS) is 1. The fourth-order valence-electron chi connectivity index (χ4n) is 1.58. The van der Waals surface area contributed by atoms with Crippen LogP contribution < -0.4 is 10.1 Å². The molecule has 1 amide bonds. The van der Waals surface area contributed by atoms with Crippen molar-refractivity contribution >= 4 is 17.6 Å². The van der Waals surface area contributed by atoms with E-state index in [1.54, 1.807) is 18.2 Å². The van der Waals surface area contributed by atoms with E-state index in [1.165, 1.54) is 21.0 Å². The van der Waals surface area contributed by atoms with Crippen LogP contribution in [0, 0.1) is 16.7 Å². The molecule has 1 rings (SSSR count). The van der Waals surface area contributed by atoms with Gasteiger partial charge in [-0.1, -0.05) is 6.07 Å². The van der Waals surface area contributed by atoms with Gasteiger partial charge in [0.2, 0.25) is 5.91 Å². The number of hydrogen-bond donors (Lipinski definition) is 2. The average molecular weight is 276 g/mol. The molecule has 0 saturated heterocycles. The lowest BCUT2D eigenvalue weighted by Crippen LogP contribution is -2.29. The molecule has 20 heavy (non-hydrogen) atoms. The second kappa shape index (κ2) is 6.06. The smallest absolute Gasteiger partial charge is 0.309 e. The lowest BCUT2D eigenvalue weighted by atomic mass is 9.89. The number of para-hydroxylation sites is 1. The van der Waals surface area contributed by atoms with E-state index in [2.05, 4.69) is 5.32 Å². The van der Waals surface area contributed by atoms with Gasteiger partial charge in [-0.15, -0.1) is 0 Å². The normalized spacial score (nSPS) is 10.5. The predicted octanol–water partition coefficient (Wildman–Crippen LogP) is 2.01. The second-order valence-electron chi connectivity index (χ2n) is 4.91. The van der Waals surface area contributed by atoms with Crippen molar-refractivity contribution in [1.29, 1.82) is 5.26 Å². The van der Waals surface area contributed by atoms with Gasteiger partial charge in [-0.25, -0.2) is 0 Å². The Morgan fingerprint density at radius 3 is 2.60 bits per heavy atom. The highest BCUT2D eigenvalue weighted by atomic mass is 16.5. The minimum Gasteiger partial charge on any atom is -0.495 e. The van der Waals surface area contributed by atoms with Crippen LogP contribution in [0.2, 0.25) is 0 Å². The van der Waals surface area contributed by atoms with Crippen LogP contribution in [-0.4, -0.2) is 24.1 Å². The lowest BCUT2D eigenvalue weighted by Gasteiger charge is -2.19. The lowest BCUT2D eigenvalue weighted by molar-refractivity contribution is -0.148. The summed E-state index contributed by atoms with van der Waals surface area (Å²) in [7, 11) is 1.42. The van der Waals surface area contributed by atoms with Crippen LogP contribution in [0.5, 0.6) is 5.75 Å². The van der Waals surface area contributed by atoms with Crippen molar-refractivity contribution in [2.24, 2.45) is 5.41 Å². The summed E-state index contributed by atoms with van der Waals surface area (Å²) in [5.74, 6) is -1.20. The van der Waals surface area contributed by atoms with Gasteiger partial charge < -0.3 is 15.2 Å². The summed E-state index contributed by atoms with van der Waals surface area (Å²) in [5.41, 5.74) is -0.673. The highest BCUT2D eigenvalue weighted by Gasteiger charge is 2.30. The minimum absolute atomic E-state index is 0.203. The molecule has 0 aliphatic heterocycles. The first-order valence-electron chi connectivity index (χ1n) is 5.92. The van der Waals surface area contributed by atoms with Crippen molar-refractivity contribution in [3.05, 3.63) is 23.8 Å². The molecule has 106 valence electrons. The summed E-state index contributed by atoms with van der Waals surface area (Å²) < 4.78 is 5.08. The Morgan fingerprint density at radius 1 is 1.45 bits per heavy atom. The highest BCUT2D eigenvalue weighted by molar-refractivity contribution is 5.96. The van der Waals surface area contributed by atoms with E-state index in [9.17, 15) is 9.59 Å². The molecule has 1 aromatic carbocycles. The van der Waals surface area contributed by atoms with E-state index in [4.69, 9.17) is 15.1 Å². The molecule has 6 nitrogen and oxygen atoms in total. The number of amides is 1. The number of benzene rings is 1. The second-order valence-corrected chi connectivity index (χ2v) is 4.91. The predicted molar refractivity (Wildman–Crippen MR) is 72.4 cm³/mol. The van der Waals surface area contributed by atoms with Gasteiger partial charge >= 0.3 is 5.97 Å². The molecule has 0 unspecified atom stereocenters. The van der Waals surface area contributed by atoms with Crippen LogP contribution in [0.3, 0.4) is 0 Å². The molecule has 0 saturated carbocycles. The first-order chi connectivity index (χ1) is 9.31. The summed E-state index contributed by atoms with van der Waals surface area (Å²) in [6, 6.07) is 6.74. The Balaban J connectivity index is 2.97. The molecule has 1 aromatic rings. The van der Waals surface area contributed by atoms with Gasteiger partial charge in [-0.2, -0.15) is 5.26 Å². The molecule has 0 fully saturated rings. The summed E-state index contributed by atoms with van der Waals surface area (Å²) in [6.45, 7) is 2.92. The van der Waals surface area contributed by atoms with Gasteiger partial charge in [0.15, 0.2) is 0 Å². The molecule has 0 aliphatic rings. The van der Waals surface area contributed by atoms with Crippen molar-refractivity contribution in [1.82, 2.24) is 0 Å². The maximum Gasteiger partial charge on any atom is 0.309 e. The molecule has 0 bridgehead atoms. The highest BCUT2D eigenvalue weighted by Crippen LogP contribution is 2.29. The molecule has 6 heteroatoms. The number of ether oxygens (including phenoxy) is 1. The fraction of sp³-hybridized carbons (Fsp3) is 0.357. The summed E-state index contributed by atoms with van der Waals surface area (Å²) in [6.07, 6.45) is -0.203. The monoisotopic (exact) mass is 276 g/mol. The topological polar surface area (TPSA) is 99.4 Å². The van der Waals surface area contributed by atoms with Crippen LogP contribution in [0.1, 0.15) is 25.8 Å². The van der Waals surface area contributed by atoms with Crippen LogP contribution in [-0.2, 0) is 9.59 Å². The largest absolute Gasteiger partial charge is 0.495 e. The number of anilines is 1. The number of methoxy groups -OCH3 is 1. The summed E-state index contributed by atoms with van der Waals surface area (Å²) in [4.78, 5) is 22.9. The number of rotatable bonds is 5. The van der Waals surface area contributed by atoms with Crippen molar-refractivity contribution in [3.8, 4) is 11.8 Å². The van der Waals surface area contributed by atoms with Gasteiger partial charge in [0, 0.05) is 6.42 Å². The van der Waals surface area contributed by atoms with E-state index < -0.39 is 17.3 Å². The third kappa shape index (κ3) is 3.48. The molecule has 2 N–H and O–H groups in total. The number of carboxylic acids is 1. The molecular weight excluding hydrogens is 260 g/mol. The van der Waals surface area contributed by atoms with Crippen molar-refractivity contribution < 1.29 is 19.4 Å². The molecule has 0 spiro atoms. The number of nitrogens with one attached hydrogen (secondary N) is 1. The fourth-order valence-corrected chi connectivity index (χ4v) is 1.58. The SMILES string of the molecule is COc1cccc(C#N)c1NC(=O)CC(C)(C)C(=O)O. The van der Waals surface area contributed by atoms with E-state index in [1.807, 2.05) is 6.07 Å². The molecular formula is C14H16N2O4. The molecule has 0 radical (unpaired) electrons. The van der Waals surface area contributed by atoms with E-state index >= 15 is 0 Å². The maximum atomic E-state index is 11.9. The van der Waals surface area contributed by atoms with Gasteiger partial charge in [0.05, 0.1) is 18.1 Å². The van der Waals surface area contributed by atoms with Gasteiger partial charge in [0.1, 0.15) is 17.5 Å².